The standard InChI is InChI=1S/C6H14ClP/c1-5-8(7)6(2,3)4/h5H2,1-4H3. The molecule has 0 aromatic heterocycles. The van der Waals surface area contributed by atoms with Gasteiger partial charge >= 0.3 is 0 Å². The summed E-state index contributed by atoms with van der Waals surface area (Å²) >= 11 is 6.01. The Bertz CT molecular complexity index is 65.4. The lowest BCUT2D eigenvalue weighted by Crippen LogP contribution is -2.08. The molecule has 0 aromatic carbocycles. The molecule has 8 heavy (non-hydrogen) atoms. The van der Waals surface area contributed by atoms with Crippen LogP contribution in [-0.2, 0) is 0 Å². The van der Waals surface area contributed by atoms with E-state index in [4.69, 9.17) is 11.2 Å². The number of hydrogen-bond acceptors (Lipinski definition) is 0. The molecule has 0 bridgehead atoms. The third kappa shape index (κ3) is 2.89. The molecule has 0 spiro atoms. The molecule has 0 aliphatic rings. The molecule has 1 atom stereocenters. The van der Waals surface area contributed by atoms with Crippen LogP contribution in [0, 0.1) is 0 Å². The summed E-state index contributed by atoms with van der Waals surface area (Å²) in [5.74, 6) is 0. The van der Waals surface area contributed by atoms with E-state index >= 15 is 0 Å². The molecule has 0 aliphatic carbocycles. The third-order valence-electron chi connectivity index (χ3n) is 1.01. The van der Waals surface area contributed by atoms with Crippen LogP contribution in [0.3, 0.4) is 0 Å². The maximum Gasteiger partial charge on any atom is -0.00411 e. The predicted octanol–water partition coefficient (Wildman–Crippen LogP) is 3.44. The van der Waals surface area contributed by atoms with Crippen molar-refractivity contribution < 1.29 is 0 Å². The van der Waals surface area contributed by atoms with Crippen molar-refractivity contribution in [2.24, 2.45) is 0 Å². The lowest BCUT2D eigenvalue weighted by atomic mass is 10.3. The number of halogens is 1. The van der Waals surface area contributed by atoms with Gasteiger partial charge in [0.25, 0.3) is 0 Å². The number of rotatable bonds is 1. The van der Waals surface area contributed by atoms with Gasteiger partial charge in [0.1, 0.15) is 0 Å². The van der Waals surface area contributed by atoms with E-state index in [0.717, 1.165) is 6.16 Å². The molecule has 0 radical (unpaired) electrons. The zero-order valence-electron chi connectivity index (χ0n) is 6.03. The Labute approximate surface area is 58.2 Å². The second-order valence-electron chi connectivity index (χ2n) is 2.85. The molecule has 0 nitrogen and oxygen atoms in total. The van der Waals surface area contributed by atoms with Crippen LogP contribution in [-0.4, -0.2) is 11.3 Å². The fraction of sp³-hybridized carbons (Fsp3) is 1.00. The fourth-order valence-corrected chi connectivity index (χ4v) is 1.42. The highest BCUT2D eigenvalue weighted by Crippen LogP contribution is 2.53. The summed E-state index contributed by atoms with van der Waals surface area (Å²) in [5, 5.41) is 0.339. The van der Waals surface area contributed by atoms with Gasteiger partial charge in [-0.05, 0) is 18.6 Å². The molecule has 0 saturated heterocycles. The SMILES string of the molecule is CCP(Cl)C(C)(C)C. The predicted molar refractivity (Wildman–Crippen MR) is 43.1 cm³/mol. The molecule has 0 aliphatic heterocycles. The summed E-state index contributed by atoms with van der Waals surface area (Å²) in [6.07, 6.45) is 1.13. The van der Waals surface area contributed by atoms with E-state index in [9.17, 15) is 0 Å². The van der Waals surface area contributed by atoms with Gasteiger partial charge in [0.05, 0.1) is 0 Å². The Kier molecular flexibility index (Phi) is 3.31. The molecule has 0 N–H and O–H groups in total. The topological polar surface area (TPSA) is 0 Å². The van der Waals surface area contributed by atoms with Crippen molar-refractivity contribution in [3.05, 3.63) is 0 Å². The zero-order chi connectivity index (χ0) is 6.78. The fourth-order valence-electron chi connectivity index (χ4n) is 0.474. The van der Waals surface area contributed by atoms with Crippen molar-refractivity contribution in [1.82, 2.24) is 0 Å². The van der Waals surface area contributed by atoms with Crippen molar-refractivity contribution in [3.63, 3.8) is 0 Å². The molecule has 50 valence electrons. The van der Waals surface area contributed by atoms with Crippen molar-refractivity contribution in [3.8, 4) is 0 Å². The molecule has 1 unspecified atom stereocenters. The summed E-state index contributed by atoms with van der Waals surface area (Å²) in [5.41, 5.74) is 0. The minimum atomic E-state index is -0.247. The van der Waals surface area contributed by atoms with Crippen molar-refractivity contribution in [2.75, 3.05) is 6.16 Å². The second-order valence-corrected chi connectivity index (χ2v) is 6.77. The molecule has 0 fully saturated rings. The van der Waals surface area contributed by atoms with Crippen molar-refractivity contribution in [1.29, 1.82) is 0 Å². The third-order valence-corrected chi connectivity index (χ3v) is 5.25. The zero-order valence-corrected chi connectivity index (χ0v) is 7.68. The van der Waals surface area contributed by atoms with Gasteiger partial charge in [0, 0.05) is 0 Å². The smallest absolute Gasteiger partial charge is 0.00411 e. The Balaban J connectivity index is 3.62. The first-order chi connectivity index (χ1) is 3.48. The Morgan fingerprint density at radius 2 is 1.75 bits per heavy atom. The molecule has 0 saturated carbocycles. The second kappa shape index (κ2) is 3.03. The van der Waals surface area contributed by atoms with Crippen LogP contribution in [0.25, 0.3) is 0 Å². The monoisotopic (exact) mass is 152 g/mol. The van der Waals surface area contributed by atoms with E-state index in [1.165, 1.54) is 0 Å². The van der Waals surface area contributed by atoms with E-state index < -0.39 is 0 Å². The Morgan fingerprint density at radius 1 is 1.38 bits per heavy atom. The summed E-state index contributed by atoms with van der Waals surface area (Å²) in [7, 11) is -0.247. The van der Waals surface area contributed by atoms with E-state index in [1.807, 2.05) is 0 Å². The van der Waals surface area contributed by atoms with Crippen LogP contribution >= 0.6 is 18.5 Å². The van der Waals surface area contributed by atoms with Crippen LogP contribution < -0.4 is 0 Å². The van der Waals surface area contributed by atoms with Gasteiger partial charge < -0.3 is 0 Å². The van der Waals surface area contributed by atoms with Gasteiger partial charge in [0.2, 0.25) is 0 Å². The van der Waals surface area contributed by atoms with Crippen LogP contribution in [0.15, 0.2) is 0 Å². The molecule has 0 heterocycles. The van der Waals surface area contributed by atoms with Crippen LogP contribution in [0.2, 0.25) is 0 Å². The maximum atomic E-state index is 6.01. The van der Waals surface area contributed by atoms with Gasteiger partial charge in [-0.1, -0.05) is 38.9 Å². The first-order valence-corrected chi connectivity index (χ1v) is 5.35. The largest absolute Gasteiger partial charge is 0.0959 e. The summed E-state index contributed by atoms with van der Waals surface area (Å²) in [6.45, 7) is 8.71. The first-order valence-electron chi connectivity index (χ1n) is 2.92. The quantitative estimate of drug-likeness (QED) is 0.505. The van der Waals surface area contributed by atoms with Crippen LogP contribution in [0.5, 0.6) is 0 Å². The van der Waals surface area contributed by atoms with Gasteiger partial charge in [-0.3, -0.25) is 0 Å². The molecule has 0 aromatic rings. The van der Waals surface area contributed by atoms with Crippen molar-refractivity contribution in [2.45, 2.75) is 32.9 Å². The molecular formula is C6H14ClP. The average Bonchev–Trinajstić information content (AvgIpc) is 1.62. The Hall–Kier alpha value is 0.720. The normalized spacial score (nSPS) is 16.1. The highest BCUT2D eigenvalue weighted by Gasteiger charge is 2.19. The molecule has 2 heteroatoms. The summed E-state index contributed by atoms with van der Waals surface area (Å²) < 4.78 is 0. The minimum absolute atomic E-state index is 0.247. The van der Waals surface area contributed by atoms with E-state index in [1.54, 1.807) is 0 Å². The van der Waals surface area contributed by atoms with Crippen LogP contribution in [0.1, 0.15) is 27.7 Å². The molecule has 0 rings (SSSR count). The van der Waals surface area contributed by atoms with E-state index in [2.05, 4.69) is 27.7 Å². The molecule has 0 amide bonds. The van der Waals surface area contributed by atoms with Crippen molar-refractivity contribution >= 4 is 18.5 Å². The highest BCUT2D eigenvalue weighted by molar-refractivity contribution is 7.85. The summed E-state index contributed by atoms with van der Waals surface area (Å²) in [4.78, 5) is 0. The van der Waals surface area contributed by atoms with Gasteiger partial charge in [0.15, 0.2) is 0 Å². The maximum absolute atomic E-state index is 6.01. The van der Waals surface area contributed by atoms with E-state index in [-0.39, 0.29) is 7.27 Å². The minimum Gasteiger partial charge on any atom is -0.0959 e. The first kappa shape index (κ1) is 8.72. The van der Waals surface area contributed by atoms with Crippen LogP contribution in [0.4, 0.5) is 0 Å². The Morgan fingerprint density at radius 3 is 1.75 bits per heavy atom. The summed E-state index contributed by atoms with van der Waals surface area (Å²) in [6, 6.07) is 0. The van der Waals surface area contributed by atoms with E-state index in [0.29, 0.717) is 5.16 Å². The van der Waals surface area contributed by atoms with Gasteiger partial charge in [-0.15, -0.1) is 0 Å². The van der Waals surface area contributed by atoms with Gasteiger partial charge in [-0.2, -0.15) is 0 Å². The number of hydrogen-bond donors (Lipinski definition) is 0. The lowest BCUT2D eigenvalue weighted by molar-refractivity contribution is 0.790. The molecular weight excluding hydrogens is 138 g/mol. The average molecular weight is 153 g/mol. The van der Waals surface area contributed by atoms with Gasteiger partial charge in [-0.25, -0.2) is 0 Å². The highest BCUT2D eigenvalue weighted by atomic mass is 35.7. The lowest BCUT2D eigenvalue weighted by Gasteiger charge is -2.23.